The molecule has 2 heterocycles. The van der Waals surface area contributed by atoms with Gasteiger partial charge in [0.15, 0.2) is 0 Å². The van der Waals surface area contributed by atoms with Crippen LogP contribution in [0.4, 0.5) is 0 Å². The molecule has 0 aromatic heterocycles. The van der Waals surface area contributed by atoms with Gasteiger partial charge in [0.25, 0.3) is 8.32 Å². The van der Waals surface area contributed by atoms with E-state index in [1.807, 2.05) is 26.8 Å². The molecule has 1 saturated heterocycles. The lowest BCUT2D eigenvalue weighted by Crippen LogP contribution is -2.45. The Balaban J connectivity index is 1.75. The number of hydrogen-bond acceptors (Lipinski definition) is 5. The summed E-state index contributed by atoms with van der Waals surface area (Å²) < 4.78 is 45.8. The van der Waals surface area contributed by atoms with Crippen LogP contribution in [0.2, 0.25) is 18.1 Å². The first-order valence-corrected chi connectivity index (χ1v) is 15.0. The van der Waals surface area contributed by atoms with Crippen LogP contribution in [0.15, 0.2) is 52.3 Å². The van der Waals surface area contributed by atoms with Gasteiger partial charge in [0, 0.05) is 5.56 Å². The largest absolute Gasteiger partial charge is 0.543 e. The third kappa shape index (κ3) is 3.41. The molecule has 0 spiro atoms. The van der Waals surface area contributed by atoms with Crippen molar-refractivity contribution in [1.82, 2.24) is 0 Å². The zero-order valence-electron chi connectivity index (χ0n) is 19.6. The first-order valence-electron chi connectivity index (χ1n) is 10.6. The van der Waals surface area contributed by atoms with Crippen molar-refractivity contribution in [1.29, 1.82) is 0 Å². The first kappa shape index (κ1) is 22.4. The van der Waals surface area contributed by atoms with Gasteiger partial charge < -0.3 is 13.9 Å². The van der Waals surface area contributed by atoms with Crippen LogP contribution in [0.1, 0.15) is 53.2 Å². The molecule has 5 nitrogen and oxygen atoms in total. The summed E-state index contributed by atoms with van der Waals surface area (Å²) in [4.78, 5) is 0.412. The summed E-state index contributed by atoms with van der Waals surface area (Å²) >= 11 is 0. The molecule has 0 radical (unpaired) electrons. The molecule has 2 aliphatic rings. The van der Waals surface area contributed by atoms with Crippen LogP contribution in [0.3, 0.4) is 0 Å². The number of benzene rings is 2. The lowest BCUT2D eigenvalue weighted by atomic mass is 9.84. The maximum absolute atomic E-state index is 13.7. The quantitative estimate of drug-likeness (QED) is 0.419. The maximum Gasteiger partial charge on any atom is 0.250 e. The van der Waals surface area contributed by atoms with E-state index in [2.05, 4.69) is 33.9 Å². The molecule has 0 amide bonds. The van der Waals surface area contributed by atoms with Crippen molar-refractivity contribution in [2.45, 2.75) is 86.8 Å². The molecular weight excluding hydrogens is 428 g/mol. The van der Waals surface area contributed by atoms with Crippen LogP contribution >= 0.6 is 0 Å². The minimum Gasteiger partial charge on any atom is -0.543 e. The fourth-order valence-corrected chi connectivity index (χ4v) is 6.23. The predicted molar refractivity (Wildman–Crippen MR) is 123 cm³/mol. The molecule has 2 aromatic rings. The second kappa shape index (κ2) is 6.59. The molecule has 0 N–H and O–H groups in total. The normalized spacial score (nSPS) is 24.6. The maximum atomic E-state index is 13.7. The minimum atomic E-state index is -3.79. The summed E-state index contributed by atoms with van der Waals surface area (Å²) in [6, 6.07) is 12.0. The third-order valence-corrected chi connectivity index (χ3v) is 13.4. The van der Waals surface area contributed by atoms with E-state index in [1.165, 1.54) is 0 Å². The van der Waals surface area contributed by atoms with Crippen LogP contribution < -0.4 is 9.16 Å². The van der Waals surface area contributed by atoms with Crippen molar-refractivity contribution in [3.8, 4) is 11.5 Å². The Morgan fingerprint density at radius 1 is 1.03 bits per heavy atom. The number of hydrogen-bond donors (Lipinski definition) is 0. The monoisotopic (exact) mass is 460 g/mol. The lowest BCUT2D eigenvalue weighted by molar-refractivity contribution is 0.0241. The zero-order chi connectivity index (χ0) is 23.0. The molecule has 7 heteroatoms. The predicted octanol–water partition coefficient (Wildman–Crippen LogP) is 5.90. The number of sulfone groups is 1. The van der Waals surface area contributed by atoms with Crippen LogP contribution in [0.25, 0.3) is 0 Å². The minimum absolute atomic E-state index is 0.0480. The topological polar surface area (TPSA) is 65.1 Å². The Kier molecular flexibility index (Phi) is 4.75. The summed E-state index contributed by atoms with van der Waals surface area (Å²) in [6.45, 7) is 16.6. The van der Waals surface area contributed by atoms with E-state index in [-0.39, 0.29) is 20.9 Å². The van der Waals surface area contributed by atoms with E-state index in [9.17, 15) is 8.42 Å². The van der Waals surface area contributed by atoms with Crippen LogP contribution in [-0.4, -0.2) is 27.9 Å². The Hall–Kier alpha value is -1.83. The van der Waals surface area contributed by atoms with Crippen LogP contribution in [0.5, 0.6) is 11.5 Å². The van der Waals surface area contributed by atoms with E-state index >= 15 is 0 Å². The molecule has 2 aromatic carbocycles. The van der Waals surface area contributed by atoms with E-state index in [0.717, 1.165) is 5.56 Å². The number of para-hydroxylation sites is 1. The van der Waals surface area contributed by atoms with E-state index in [4.69, 9.17) is 13.9 Å². The number of ether oxygens (including phenoxy) is 2. The standard InChI is InChI=1S/C24H32O5SSi/c1-22(2,3)31(7,8)29-19-11-9-10-12-20(19)30(25,26)16-13-14-18-17(15-16)21-24(6,28-21)23(4,5)27-18/h9-15,21H,1-8H3/t21-,24-/m0/s1. The Bertz CT molecular complexity index is 1150. The molecule has 0 bridgehead atoms. The molecule has 0 unspecified atom stereocenters. The Morgan fingerprint density at radius 2 is 1.68 bits per heavy atom. The molecule has 31 heavy (non-hydrogen) atoms. The van der Waals surface area contributed by atoms with Crippen molar-refractivity contribution in [3.05, 3.63) is 48.0 Å². The molecule has 0 saturated carbocycles. The van der Waals surface area contributed by atoms with Gasteiger partial charge in [0.2, 0.25) is 9.84 Å². The first-order chi connectivity index (χ1) is 14.1. The second-order valence-electron chi connectivity index (χ2n) is 10.7. The highest BCUT2D eigenvalue weighted by Gasteiger charge is 2.67. The average Bonchev–Trinajstić information content (AvgIpc) is 3.35. The van der Waals surface area contributed by atoms with Gasteiger partial charge in [0.05, 0.1) is 4.90 Å². The van der Waals surface area contributed by atoms with Crippen LogP contribution in [0, 0.1) is 0 Å². The molecule has 2 atom stereocenters. The highest BCUT2D eigenvalue weighted by Crippen LogP contribution is 2.62. The fourth-order valence-electron chi connectivity index (χ4n) is 3.71. The Morgan fingerprint density at radius 3 is 2.32 bits per heavy atom. The van der Waals surface area contributed by atoms with Crippen molar-refractivity contribution >= 4 is 18.2 Å². The summed E-state index contributed by atoms with van der Waals surface area (Å²) in [5.41, 5.74) is -0.147. The smallest absolute Gasteiger partial charge is 0.250 e. The summed E-state index contributed by atoms with van der Waals surface area (Å²) in [5, 5.41) is -0.0480. The molecule has 2 aliphatic heterocycles. The van der Waals surface area contributed by atoms with Crippen molar-refractivity contribution in [2.24, 2.45) is 0 Å². The van der Waals surface area contributed by atoms with Gasteiger partial charge in [-0.2, -0.15) is 0 Å². The van der Waals surface area contributed by atoms with E-state index in [1.54, 1.807) is 36.4 Å². The van der Waals surface area contributed by atoms with E-state index < -0.39 is 29.4 Å². The van der Waals surface area contributed by atoms with Crippen molar-refractivity contribution in [3.63, 3.8) is 0 Å². The SMILES string of the molecule is CC1(C)Oc2ccc(S(=O)(=O)c3ccccc3O[Si](C)(C)C(C)(C)C)cc2[C@@H]2O[C@@]21C. The van der Waals surface area contributed by atoms with Crippen molar-refractivity contribution in [2.75, 3.05) is 0 Å². The molecule has 168 valence electrons. The molecule has 4 rings (SSSR count). The summed E-state index contributed by atoms with van der Waals surface area (Å²) in [6.07, 6.45) is -0.167. The van der Waals surface area contributed by atoms with Crippen LogP contribution in [-0.2, 0) is 14.6 Å². The van der Waals surface area contributed by atoms with Gasteiger partial charge in [-0.15, -0.1) is 0 Å². The van der Waals surface area contributed by atoms with Gasteiger partial charge in [0.1, 0.15) is 33.7 Å². The van der Waals surface area contributed by atoms with E-state index in [0.29, 0.717) is 11.5 Å². The summed E-state index contributed by atoms with van der Waals surface area (Å²) in [5.74, 6) is 1.09. The van der Waals surface area contributed by atoms with Gasteiger partial charge in [-0.25, -0.2) is 8.42 Å². The molecular formula is C24H32O5SSi. The number of fused-ring (bicyclic) bond motifs is 3. The zero-order valence-corrected chi connectivity index (χ0v) is 21.4. The van der Waals surface area contributed by atoms with Gasteiger partial charge in [-0.05, 0) is 69.2 Å². The average molecular weight is 461 g/mol. The molecule has 0 aliphatic carbocycles. The Labute approximate surface area is 186 Å². The number of epoxide rings is 1. The van der Waals surface area contributed by atoms with Gasteiger partial charge in [-0.3, -0.25) is 0 Å². The van der Waals surface area contributed by atoms with Gasteiger partial charge in [-0.1, -0.05) is 32.9 Å². The number of rotatable bonds is 4. The highest BCUT2D eigenvalue weighted by molar-refractivity contribution is 7.91. The fraction of sp³-hybridized carbons (Fsp3) is 0.500. The lowest BCUT2D eigenvalue weighted by Gasteiger charge is -2.37. The third-order valence-electron chi connectivity index (χ3n) is 7.25. The second-order valence-corrected chi connectivity index (χ2v) is 17.4. The van der Waals surface area contributed by atoms with Gasteiger partial charge >= 0.3 is 0 Å². The summed E-state index contributed by atoms with van der Waals surface area (Å²) in [7, 11) is -6.00. The van der Waals surface area contributed by atoms with Crippen molar-refractivity contribution < 1.29 is 22.3 Å². The molecule has 1 fully saturated rings. The highest BCUT2D eigenvalue weighted by atomic mass is 32.2.